The number of fused-ring (bicyclic) bond motifs is 1. The van der Waals surface area contributed by atoms with Crippen molar-refractivity contribution in [3.8, 4) is 5.75 Å². The average molecular weight is 397 g/mol. The molecule has 0 amide bonds. The lowest BCUT2D eigenvalue weighted by molar-refractivity contribution is 0.287. The van der Waals surface area contributed by atoms with Crippen LogP contribution >= 0.6 is 12.4 Å². The maximum Gasteiger partial charge on any atom is 0.141 e. The highest BCUT2D eigenvalue weighted by atomic mass is 35.5. The van der Waals surface area contributed by atoms with Crippen LogP contribution in [0.5, 0.6) is 5.75 Å². The number of rotatable bonds is 4. The molecule has 3 nitrogen and oxygen atoms in total. The first-order valence-corrected chi connectivity index (χ1v) is 9.10. The first-order chi connectivity index (χ1) is 13.2. The van der Waals surface area contributed by atoms with Gasteiger partial charge in [-0.1, -0.05) is 42.5 Å². The van der Waals surface area contributed by atoms with Gasteiger partial charge in [-0.2, -0.15) is 0 Å². The Morgan fingerprint density at radius 3 is 2.71 bits per heavy atom. The van der Waals surface area contributed by atoms with E-state index < -0.39 is 0 Å². The number of allylic oxidation sites excluding steroid dienone is 1. The number of benzene rings is 2. The van der Waals surface area contributed by atoms with E-state index in [1.807, 2.05) is 36.4 Å². The Labute approximate surface area is 170 Å². The number of nitrogens with zero attached hydrogens (tertiary/aromatic N) is 2. The lowest BCUT2D eigenvalue weighted by atomic mass is 10.1. The monoisotopic (exact) mass is 396 g/mol. The van der Waals surface area contributed by atoms with Crippen molar-refractivity contribution in [3.05, 3.63) is 89.4 Å². The number of halogens is 2. The van der Waals surface area contributed by atoms with Gasteiger partial charge in [-0.3, -0.25) is 4.90 Å². The lowest BCUT2D eigenvalue weighted by Gasteiger charge is -2.25. The van der Waals surface area contributed by atoms with Crippen molar-refractivity contribution < 1.29 is 9.50 Å². The highest BCUT2D eigenvalue weighted by molar-refractivity contribution is 5.85. The fourth-order valence-electron chi connectivity index (χ4n) is 3.35. The molecule has 2 heterocycles. The van der Waals surface area contributed by atoms with Crippen LogP contribution in [0.25, 0.3) is 17.0 Å². The molecule has 0 radical (unpaired) electrons. The zero-order valence-electron chi connectivity index (χ0n) is 15.4. The number of phenolic OH excluding ortho intramolecular Hbond substituents is 1. The third-order valence-electron chi connectivity index (χ3n) is 4.81. The summed E-state index contributed by atoms with van der Waals surface area (Å²) < 4.78 is 13.3. The molecular formula is C23H22ClFN2O. The molecule has 0 bridgehead atoms. The van der Waals surface area contributed by atoms with E-state index in [-0.39, 0.29) is 24.0 Å². The van der Waals surface area contributed by atoms with Crippen molar-refractivity contribution in [3.63, 3.8) is 0 Å². The van der Waals surface area contributed by atoms with Gasteiger partial charge >= 0.3 is 0 Å². The number of pyridine rings is 1. The summed E-state index contributed by atoms with van der Waals surface area (Å²) in [6.45, 7) is 2.55. The van der Waals surface area contributed by atoms with Crippen LogP contribution in [0.1, 0.15) is 17.7 Å². The van der Waals surface area contributed by atoms with Gasteiger partial charge in [-0.25, -0.2) is 9.37 Å². The van der Waals surface area contributed by atoms with E-state index in [0.717, 1.165) is 42.7 Å². The smallest absolute Gasteiger partial charge is 0.141 e. The topological polar surface area (TPSA) is 36.4 Å². The Bertz CT molecular complexity index is 1030. The van der Waals surface area contributed by atoms with Gasteiger partial charge in [0.15, 0.2) is 0 Å². The van der Waals surface area contributed by atoms with Gasteiger partial charge in [0.1, 0.15) is 17.1 Å². The Hall–Kier alpha value is -2.69. The van der Waals surface area contributed by atoms with Gasteiger partial charge in [-0.05, 0) is 47.9 Å². The predicted octanol–water partition coefficient (Wildman–Crippen LogP) is 5.35. The van der Waals surface area contributed by atoms with Crippen molar-refractivity contribution in [2.75, 3.05) is 13.1 Å². The molecule has 1 N–H and O–H groups in total. The van der Waals surface area contributed by atoms with Crippen LogP contribution in [0.15, 0.2) is 72.3 Å². The van der Waals surface area contributed by atoms with Crippen LogP contribution in [0.4, 0.5) is 4.39 Å². The standard InChI is InChI=1S/C23H21FN2O.ClH/c24-20-5-1-3-18(15-20)16-26-13-11-17(12-14-26)7-9-21-10-8-19-4-2-6-22(27)23(19)25-21;/h1-11,15,27H,12-14,16H2;1H/b9-7+;. The summed E-state index contributed by atoms with van der Waals surface area (Å²) in [7, 11) is 0. The van der Waals surface area contributed by atoms with E-state index in [2.05, 4.69) is 22.0 Å². The first-order valence-electron chi connectivity index (χ1n) is 9.10. The third kappa shape index (κ3) is 4.77. The molecule has 0 atom stereocenters. The van der Waals surface area contributed by atoms with Crippen LogP contribution in [0.2, 0.25) is 0 Å². The molecule has 0 aliphatic carbocycles. The van der Waals surface area contributed by atoms with E-state index in [9.17, 15) is 9.50 Å². The van der Waals surface area contributed by atoms with E-state index in [0.29, 0.717) is 5.52 Å². The van der Waals surface area contributed by atoms with Crippen molar-refractivity contribution in [2.45, 2.75) is 13.0 Å². The molecule has 144 valence electrons. The molecule has 1 aliphatic heterocycles. The molecule has 5 heteroatoms. The summed E-state index contributed by atoms with van der Waals surface area (Å²) in [6, 6.07) is 16.1. The molecule has 0 saturated heterocycles. The molecule has 4 rings (SSSR count). The first kappa shape index (κ1) is 20.1. The largest absolute Gasteiger partial charge is 0.506 e. The van der Waals surface area contributed by atoms with Crippen molar-refractivity contribution >= 4 is 29.4 Å². The number of aromatic nitrogens is 1. The number of hydrogen-bond acceptors (Lipinski definition) is 3. The van der Waals surface area contributed by atoms with Crippen LogP contribution in [-0.2, 0) is 6.54 Å². The average Bonchev–Trinajstić information content (AvgIpc) is 2.68. The maximum atomic E-state index is 13.3. The molecule has 0 unspecified atom stereocenters. The van der Waals surface area contributed by atoms with E-state index in [1.165, 1.54) is 11.6 Å². The zero-order valence-corrected chi connectivity index (χ0v) is 16.2. The lowest BCUT2D eigenvalue weighted by Crippen LogP contribution is -2.28. The van der Waals surface area contributed by atoms with Gasteiger partial charge in [-0.15, -0.1) is 12.4 Å². The number of phenols is 1. The second-order valence-electron chi connectivity index (χ2n) is 6.81. The summed E-state index contributed by atoms with van der Waals surface area (Å²) in [5, 5.41) is 10.9. The molecular weight excluding hydrogens is 375 g/mol. The minimum absolute atomic E-state index is 0. The van der Waals surface area contributed by atoms with Crippen LogP contribution < -0.4 is 0 Å². The Balaban J connectivity index is 0.00000225. The van der Waals surface area contributed by atoms with Crippen molar-refractivity contribution in [1.82, 2.24) is 9.88 Å². The van der Waals surface area contributed by atoms with Crippen LogP contribution in [0, 0.1) is 5.82 Å². The Kier molecular flexibility index (Phi) is 6.45. The fourth-order valence-corrected chi connectivity index (χ4v) is 3.35. The molecule has 3 aromatic rings. The van der Waals surface area contributed by atoms with Crippen molar-refractivity contribution in [1.29, 1.82) is 0 Å². The van der Waals surface area contributed by atoms with Gasteiger partial charge in [0, 0.05) is 25.0 Å². The van der Waals surface area contributed by atoms with Gasteiger partial charge in [0.25, 0.3) is 0 Å². The zero-order chi connectivity index (χ0) is 18.6. The Morgan fingerprint density at radius 2 is 1.93 bits per heavy atom. The van der Waals surface area contributed by atoms with E-state index in [1.54, 1.807) is 18.2 Å². The van der Waals surface area contributed by atoms with Gasteiger partial charge in [0.05, 0.1) is 5.69 Å². The number of para-hydroxylation sites is 1. The molecule has 1 aliphatic rings. The summed E-state index contributed by atoms with van der Waals surface area (Å²) in [6.07, 6.45) is 7.23. The Morgan fingerprint density at radius 1 is 1.07 bits per heavy atom. The summed E-state index contributed by atoms with van der Waals surface area (Å²) in [4.78, 5) is 6.83. The number of hydrogen-bond donors (Lipinski definition) is 1. The molecule has 0 saturated carbocycles. The summed E-state index contributed by atoms with van der Waals surface area (Å²) in [5.41, 5.74) is 3.72. The van der Waals surface area contributed by atoms with Crippen LogP contribution in [0.3, 0.4) is 0 Å². The van der Waals surface area contributed by atoms with Crippen molar-refractivity contribution in [2.24, 2.45) is 0 Å². The fraction of sp³-hybridized carbons (Fsp3) is 0.174. The second-order valence-corrected chi connectivity index (χ2v) is 6.81. The van der Waals surface area contributed by atoms with Gasteiger partial charge < -0.3 is 5.11 Å². The second kappa shape index (κ2) is 9.00. The quantitative estimate of drug-likeness (QED) is 0.646. The van der Waals surface area contributed by atoms with Crippen LogP contribution in [-0.4, -0.2) is 28.1 Å². The highest BCUT2D eigenvalue weighted by Crippen LogP contribution is 2.23. The molecule has 28 heavy (non-hydrogen) atoms. The molecule has 2 aromatic carbocycles. The third-order valence-corrected chi connectivity index (χ3v) is 4.81. The SMILES string of the molecule is Cl.Oc1cccc2ccc(/C=C/C3=CCN(Cc4cccc(F)c4)CC3)nc12. The molecule has 1 aromatic heterocycles. The van der Waals surface area contributed by atoms with Gasteiger partial charge in [0.2, 0.25) is 0 Å². The normalized spacial score (nSPS) is 14.8. The molecule has 0 fully saturated rings. The minimum atomic E-state index is -0.183. The highest BCUT2D eigenvalue weighted by Gasteiger charge is 2.11. The minimum Gasteiger partial charge on any atom is -0.506 e. The van der Waals surface area contributed by atoms with E-state index in [4.69, 9.17) is 0 Å². The summed E-state index contributed by atoms with van der Waals surface area (Å²) >= 11 is 0. The summed E-state index contributed by atoms with van der Waals surface area (Å²) in [5.74, 6) is 0.0187. The predicted molar refractivity (Wildman–Crippen MR) is 114 cm³/mol. The molecule has 0 spiro atoms. The maximum absolute atomic E-state index is 13.3. The van der Waals surface area contributed by atoms with E-state index >= 15 is 0 Å². The number of aromatic hydroxyl groups is 1.